The zero-order valence-electron chi connectivity index (χ0n) is 11.9. The highest BCUT2D eigenvalue weighted by Gasteiger charge is 2.40. The van der Waals surface area contributed by atoms with Crippen LogP contribution in [0, 0.1) is 11.8 Å². The van der Waals surface area contributed by atoms with Crippen molar-refractivity contribution >= 4 is 16.9 Å². The van der Waals surface area contributed by atoms with Crippen molar-refractivity contribution in [3.8, 4) is 5.75 Å². The molecule has 0 unspecified atom stereocenters. The van der Waals surface area contributed by atoms with E-state index in [-0.39, 0.29) is 18.5 Å². The lowest BCUT2D eigenvalue weighted by Crippen LogP contribution is -2.09. The van der Waals surface area contributed by atoms with E-state index in [9.17, 15) is 9.59 Å². The Morgan fingerprint density at radius 3 is 2.81 bits per heavy atom. The quantitative estimate of drug-likeness (QED) is 0.639. The van der Waals surface area contributed by atoms with Crippen molar-refractivity contribution in [2.45, 2.75) is 20.0 Å². The molecule has 1 saturated carbocycles. The van der Waals surface area contributed by atoms with Crippen LogP contribution in [0.25, 0.3) is 11.0 Å². The Balaban J connectivity index is 1.87. The largest absolute Gasteiger partial charge is 0.497 e. The molecule has 0 amide bonds. The van der Waals surface area contributed by atoms with Gasteiger partial charge in [-0.2, -0.15) is 0 Å². The predicted octanol–water partition coefficient (Wildman–Crippen LogP) is 2.50. The fourth-order valence-corrected chi connectivity index (χ4v) is 2.36. The molecule has 1 aromatic heterocycles. The molecule has 110 valence electrons. The maximum Gasteiger partial charge on any atom is 0.336 e. The molecule has 2 aromatic rings. The summed E-state index contributed by atoms with van der Waals surface area (Å²) in [5.74, 6) is 0.819. The Bertz CT molecular complexity index is 746. The maximum absolute atomic E-state index is 11.8. The molecule has 0 spiro atoms. The van der Waals surface area contributed by atoms with Crippen molar-refractivity contribution in [1.82, 2.24) is 0 Å². The predicted molar refractivity (Wildman–Crippen MR) is 76.1 cm³/mol. The van der Waals surface area contributed by atoms with Crippen LogP contribution in [-0.2, 0) is 16.1 Å². The molecule has 0 bridgehead atoms. The van der Waals surface area contributed by atoms with E-state index in [1.807, 2.05) is 6.92 Å². The van der Waals surface area contributed by atoms with Crippen LogP contribution in [-0.4, -0.2) is 13.1 Å². The number of hydrogen-bond donors (Lipinski definition) is 0. The minimum Gasteiger partial charge on any atom is -0.497 e. The molecule has 0 saturated heterocycles. The molecule has 1 heterocycles. The van der Waals surface area contributed by atoms with Crippen LogP contribution in [0.15, 0.2) is 33.5 Å². The first-order valence-electron chi connectivity index (χ1n) is 6.86. The van der Waals surface area contributed by atoms with Crippen LogP contribution >= 0.6 is 0 Å². The average Bonchev–Trinajstić information content (AvgIpc) is 3.20. The van der Waals surface area contributed by atoms with Gasteiger partial charge in [0.15, 0.2) is 0 Å². The molecule has 0 radical (unpaired) electrons. The summed E-state index contributed by atoms with van der Waals surface area (Å²) in [6.45, 7) is 2.10. The highest BCUT2D eigenvalue weighted by molar-refractivity contribution is 5.82. The number of carbonyl (C=O) groups excluding carboxylic acids is 1. The normalized spacial score (nSPS) is 20.3. The molecular weight excluding hydrogens is 272 g/mol. The van der Waals surface area contributed by atoms with Gasteiger partial charge < -0.3 is 13.9 Å². The summed E-state index contributed by atoms with van der Waals surface area (Å²) in [5, 5.41) is 0.743. The molecule has 1 fully saturated rings. The van der Waals surface area contributed by atoms with Gasteiger partial charge in [0.2, 0.25) is 0 Å². The lowest BCUT2D eigenvalue weighted by Gasteiger charge is -2.08. The topological polar surface area (TPSA) is 65.7 Å². The van der Waals surface area contributed by atoms with Gasteiger partial charge in [-0.15, -0.1) is 0 Å². The summed E-state index contributed by atoms with van der Waals surface area (Å²) in [7, 11) is 1.54. The molecule has 5 nitrogen and oxygen atoms in total. The monoisotopic (exact) mass is 288 g/mol. The highest BCUT2D eigenvalue weighted by Crippen LogP contribution is 2.38. The summed E-state index contributed by atoms with van der Waals surface area (Å²) in [5.41, 5.74) is 0.597. The number of esters is 1. The van der Waals surface area contributed by atoms with E-state index in [2.05, 4.69) is 0 Å². The minimum atomic E-state index is -0.471. The molecule has 5 heteroatoms. The lowest BCUT2D eigenvalue weighted by atomic mass is 10.1. The highest BCUT2D eigenvalue weighted by atomic mass is 16.5. The molecule has 0 aliphatic heterocycles. The van der Waals surface area contributed by atoms with Crippen molar-refractivity contribution in [3.05, 3.63) is 40.2 Å². The number of rotatable bonds is 4. The van der Waals surface area contributed by atoms with Gasteiger partial charge in [-0.25, -0.2) is 4.79 Å². The Hall–Kier alpha value is -2.30. The zero-order chi connectivity index (χ0) is 15.0. The van der Waals surface area contributed by atoms with Crippen molar-refractivity contribution in [2.75, 3.05) is 7.11 Å². The van der Waals surface area contributed by atoms with Crippen LogP contribution in [0.4, 0.5) is 0 Å². The summed E-state index contributed by atoms with van der Waals surface area (Å²) in [6.07, 6.45) is 0.883. The third kappa shape index (κ3) is 2.77. The van der Waals surface area contributed by atoms with Gasteiger partial charge in [-0.1, -0.05) is 6.92 Å². The number of ether oxygens (including phenoxy) is 2. The summed E-state index contributed by atoms with van der Waals surface area (Å²) in [6, 6.07) is 6.57. The smallest absolute Gasteiger partial charge is 0.336 e. The first kappa shape index (κ1) is 13.7. The SMILES string of the molecule is COc1ccc2c(COC(=O)[C@H]3C[C@H]3C)cc(=O)oc2c1. The third-order valence-corrected chi connectivity index (χ3v) is 3.82. The van der Waals surface area contributed by atoms with E-state index >= 15 is 0 Å². The van der Waals surface area contributed by atoms with Crippen molar-refractivity contribution in [3.63, 3.8) is 0 Å². The average molecular weight is 288 g/mol. The molecule has 1 aliphatic rings. The van der Waals surface area contributed by atoms with Crippen molar-refractivity contribution in [1.29, 1.82) is 0 Å². The van der Waals surface area contributed by atoms with Crippen LogP contribution < -0.4 is 10.4 Å². The number of methoxy groups -OCH3 is 1. The summed E-state index contributed by atoms with van der Waals surface area (Å²) < 4.78 is 15.5. The van der Waals surface area contributed by atoms with E-state index in [1.54, 1.807) is 25.3 Å². The Morgan fingerprint density at radius 1 is 1.38 bits per heavy atom. The van der Waals surface area contributed by atoms with Gasteiger partial charge in [0.05, 0.1) is 13.0 Å². The number of benzene rings is 1. The molecule has 1 aliphatic carbocycles. The number of carbonyl (C=O) groups is 1. The van der Waals surface area contributed by atoms with Crippen LogP contribution in [0.1, 0.15) is 18.9 Å². The molecule has 1 aromatic carbocycles. The molecule has 21 heavy (non-hydrogen) atoms. The standard InChI is InChI=1S/C16H16O5/c1-9-5-13(9)16(18)20-8-10-6-15(17)21-14-7-11(19-2)3-4-12(10)14/h3-4,6-7,9,13H,5,8H2,1-2H3/t9-,13+/m1/s1. The van der Waals surface area contributed by atoms with E-state index in [4.69, 9.17) is 13.9 Å². The Labute approximate surface area is 121 Å². The molecule has 3 rings (SSSR count). The fourth-order valence-electron chi connectivity index (χ4n) is 2.36. The van der Waals surface area contributed by atoms with Gasteiger partial charge in [0.1, 0.15) is 17.9 Å². The van der Waals surface area contributed by atoms with Crippen molar-refractivity contribution < 1.29 is 18.7 Å². The fraction of sp³-hybridized carbons (Fsp3) is 0.375. The van der Waals surface area contributed by atoms with E-state index in [0.717, 1.165) is 11.8 Å². The number of hydrogen-bond acceptors (Lipinski definition) is 5. The van der Waals surface area contributed by atoms with Gasteiger partial charge in [0.25, 0.3) is 0 Å². The van der Waals surface area contributed by atoms with Crippen molar-refractivity contribution in [2.24, 2.45) is 11.8 Å². The van der Waals surface area contributed by atoms with Gasteiger partial charge in [0, 0.05) is 23.1 Å². The second kappa shape index (κ2) is 5.24. The molecule has 2 atom stereocenters. The van der Waals surface area contributed by atoms with Crippen LogP contribution in [0.2, 0.25) is 0 Å². The van der Waals surface area contributed by atoms with Crippen LogP contribution in [0.5, 0.6) is 5.75 Å². The second-order valence-electron chi connectivity index (χ2n) is 5.38. The zero-order valence-corrected chi connectivity index (χ0v) is 11.9. The van der Waals surface area contributed by atoms with Gasteiger partial charge in [-0.3, -0.25) is 4.79 Å². The van der Waals surface area contributed by atoms with E-state index < -0.39 is 5.63 Å². The first-order chi connectivity index (χ1) is 10.1. The second-order valence-corrected chi connectivity index (χ2v) is 5.38. The summed E-state index contributed by atoms with van der Waals surface area (Å²) >= 11 is 0. The van der Waals surface area contributed by atoms with E-state index in [0.29, 0.717) is 22.8 Å². The summed E-state index contributed by atoms with van der Waals surface area (Å²) in [4.78, 5) is 23.4. The lowest BCUT2D eigenvalue weighted by molar-refractivity contribution is -0.146. The maximum atomic E-state index is 11.8. The molecular formula is C16H16O5. The Kier molecular flexibility index (Phi) is 3.41. The van der Waals surface area contributed by atoms with Gasteiger partial charge >= 0.3 is 11.6 Å². The van der Waals surface area contributed by atoms with Gasteiger partial charge in [-0.05, 0) is 24.5 Å². The Morgan fingerprint density at radius 2 is 2.14 bits per heavy atom. The first-order valence-corrected chi connectivity index (χ1v) is 6.86. The number of fused-ring (bicyclic) bond motifs is 1. The third-order valence-electron chi connectivity index (χ3n) is 3.82. The minimum absolute atomic E-state index is 0.0106. The van der Waals surface area contributed by atoms with Crippen LogP contribution in [0.3, 0.4) is 0 Å². The van der Waals surface area contributed by atoms with E-state index in [1.165, 1.54) is 6.07 Å². The molecule has 0 N–H and O–H groups in total.